The largest absolute Gasteiger partial charge is 0.493 e. The molecule has 0 aliphatic carbocycles. The van der Waals surface area contributed by atoms with Gasteiger partial charge in [-0.05, 0) is 50.6 Å². The number of likely N-dealkylation sites (tertiary alicyclic amines) is 1. The monoisotopic (exact) mass is 388 g/mol. The zero-order valence-corrected chi connectivity index (χ0v) is 16.6. The maximum absolute atomic E-state index is 10.9. The fraction of sp³-hybridized carbons (Fsp3) is 0.474. The number of piperidine rings is 1. The second-order valence-corrected chi connectivity index (χ2v) is 7.77. The lowest BCUT2D eigenvalue weighted by Gasteiger charge is -2.34. The lowest BCUT2D eigenvalue weighted by Crippen LogP contribution is -2.34. The molecule has 4 rings (SSSR count). The van der Waals surface area contributed by atoms with Crippen LogP contribution >= 0.6 is 11.3 Å². The number of ether oxygens (including phenoxy) is 2. The van der Waals surface area contributed by atoms with Gasteiger partial charge < -0.3 is 14.6 Å². The van der Waals surface area contributed by atoms with Crippen LogP contribution in [-0.4, -0.2) is 51.9 Å². The van der Waals surface area contributed by atoms with E-state index in [0.29, 0.717) is 22.3 Å². The molecule has 1 saturated heterocycles. The van der Waals surface area contributed by atoms with Crippen LogP contribution in [0.2, 0.25) is 0 Å². The normalized spacial score (nSPS) is 16.6. The summed E-state index contributed by atoms with van der Waals surface area (Å²) in [6, 6.07) is 5.89. The molecule has 7 nitrogen and oxygen atoms in total. The van der Waals surface area contributed by atoms with E-state index in [1.807, 2.05) is 25.1 Å². The number of benzene rings is 1. The summed E-state index contributed by atoms with van der Waals surface area (Å²) >= 11 is 1.49. The number of fused-ring (bicyclic) bond motifs is 1. The first-order valence-corrected chi connectivity index (χ1v) is 9.95. The van der Waals surface area contributed by atoms with Crippen molar-refractivity contribution in [3.05, 3.63) is 34.5 Å². The molecule has 3 heterocycles. The fourth-order valence-corrected chi connectivity index (χ4v) is 4.92. The van der Waals surface area contributed by atoms with E-state index in [2.05, 4.69) is 15.0 Å². The Morgan fingerprint density at radius 3 is 2.52 bits per heavy atom. The molecule has 1 N–H and O–H groups in total. The first kappa shape index (κ1) is 18.1. The Morgan fingerprint density at radius 2 is 1.85 bits per heavy atom. The highest BCUT2D eigenvalue weighted by Crippen LogP contribution is 2.42. The molecule has 0 bridgehead atoms. The second kappa shape index (κ2) is 7.36. The van der Waals surface area contributed by atoms with Gasteiger partial charge in [0.05, 0.1) is 25.1 Å². The summed E-state index contributed by atoms with van der Waals surface area (Å²) in [5, 5.41) is 15.2. The zero-order valence-electron chi connectivity index (χ0n) is 15.8. The third-order valence-electron chi connectivity index (χ3n) is 5.03. The Hall–Kier alpha value is -2.32. The first-order valence-electron chi connectivity index (χ1n) is 9.13. The Bertz CT molecular complexity index is 946. The molecule has 144 valence electrons. The Kier molecular flexibility index (Phi) is 4.92. The van der Waals surface area contributed by atoms with E-state index in [1.54, 1.807) is 14.2 Å². The van der Waals surface area contributed by atoms with Gasteiger partial charge in [-0.15, -0.1) is 5.10 Å². The first-order chi connectivity index (χ1) is 13.1. The van der Waals surface area contributed by atoms with Gasteiger partial charge in [0.25, 0.3) is 0 Å². The van der Waals surface area contributed by atoms with E-state index in [9.17, 15) is 5.11 Å². The van der Waals surface area contributed by atoms with Crippen molar-refractivity contribution >= 4 is 16.3 Å². The number of aryl methyl sites for hydroxylation is 1. The minimum atomic E-state index is -0.0705. The van der Waals surface area contributed by atoms with Gasteiger partial charge in [0.15, 0.2) is 11.5 Å². The van der Waals surface area contributed by atoms with Crippen molar-refractivity contribution in [2.75, 3.05) is 27.3 Å². The average molecular weight is 388 g/mol. The molecule has 1 unspecified atom stereocenters. The lowest BCUT2D eigenvalue weighted by atomic mass is 10.00. The van der Waals surface area contributed by atoms with E-state index >= 15 is 0 Å². The molecule has 0 saturated carbocycles. The van der Waals surface area contributed by atoms with Gasteiger partial charge in [-0.1, -0.05) is 23.8 Å². The predicted molar refractivity (Wildman–Crippen MR) is 104 cm³/mol. The topological polar surface area (TPSA) is 72.1 Å². The summed E-state index contributed by atoms with van der Waals surface area (Å²) in [7, 11) is 3.27. The summed E-state index contributed by atoms with van der Waals surface area (Å²) in [4.78, 5) is 8.41. The van der Waals surface area contributed by atoms with E-state index < -0.39 is 0 Å². The molecule has 2 aromatic heterocycles. The molecule has 27 heavy (non-hydrogen) atoms. The number of hydrogen-bond acceptors (Lipinski definition) is 7. The summed E-state index contributed by atoms with van der Waals surface area (Å²) in [5.74, 6) is 2.21. The van der Waals surface area contributed by atoms with Crippen molar-refractivity contribution in [3.63, 3.8) is 0 Å². The van der Waals surface area contributed by atoms with Gasteiger partial charge in [0.2, 0.25) is 10.8 Å². The summed E-state index contributed by atoms with van der Waals surface area (Å²) in [5.41, 5.74) is 1.06. The molecule has 0 amide bonds. The van der Waals surface area contributed by atoms with Crippen LogP contribution in [0.3, 0.4) is 0 Å². The fourth-order valence-electron chi connectivity index (χ4n) is 3.75. The zero-order chi connectivity index (χ0) is 19.0. The van der Waals surface area contributed by atoms with E-state index in [4.69, 9.17) is 9.47 Å². The molecule has 1 fully saturated rings. The molecular weight excluding hydrogens is 364 g/mol. The molecule has 1 aliphatic heterocycles. The Labute approximate surface area is 162 Å². The van der Waals surface area contributed by atoms with Crippen molar-refractivity contribution in [2.45, 2.75) is 32.2 Å². The van der Waals surface area contributed by atoms with Crippen LogP contribution in [0.15, 0.2) is 18.2 Å². The molecule has 1 atom stereocenters. The molecule has 0 spiro atoms. The smallest absolute Gasteiger partial charge is 0.230 e. The van der Waals surface area contributed by atoms with Crippen LogP contribution in [0.1, 0.15) is 41.6 Å². The van der Waals surface area contributed by atoms with Crippen molar-refractivity contribution in [1.29, 1.82) is 0 Å². The van der Waals surface area contributed by atoms with E-state index in [0.717, 1.165) is 36.4 Å². The quantitative estimate of drug-likeness (QED) is 0.722. The average Bonchev–Trinajstić information content (AvgIpc) is 3.20. The predicted octanol–water partition coefficient (Wildman–Crippen LogP) is 3.40. The number of aromatic hydroxyl groups is 1. The standard InChI is InChI=1S/C19H24N4O3S/c1-12-20-19-23(21-12)18(24)17(27-19)16(22-9-5-4-6-10-22)13-7-8-14(25-2)15(11-13)26-3/h7-8,11,16,24H,4-6,9-10H2,1-3H3. The molecule has 3 aromatic rings. The highest BCUT2D eigenvalue weighted by Gasteiger charge is 2.31. The van der Waals surface area contributed by atoms with Crippen LogP contribution in [0.25, 0.3) is 4.96 Å². The van der Waals surface area contributed by atoms with E-state index in [1.165, 1.54) is 22.3 Å². The summed E-state index contributed by atoms with van der Waals surface area (Å²) in [6.07, 6.45) is 3.56. The van der Waals surface area contributed by atoms with Gasteiger partial charge in [0.1, 0.15) is 5.82 Å². The minimum absolute atomic E-state index is 0.0705. The molecule has 8 heteroatoms. The van der Waals surface area contributed by atoms with Crippen LogP contribution in [0.5, 0.6) is 17.4 Å². The number of thiazole rings is 1. The van der Waals surface area contributed by atoms with Crippen molar-refractivity contribution in [2.24, 2.45) is 0 Å². The number of rotatable bonds is 5. The maximum Gasteiger partial charge on any atom is 0.230 e. The number of nitrogens with zero attached hydrogens (tertiary/aromatic N) is 4. The highest BCUT2D eigenvalue weighted by molar-refractivity contribution is 7.17. The minimum Gasteiger partial charge on any atom is -0.493 e. The maximum atomic E-state index is 10.9. The van der Waals surface area contributed by atoms with Crippen LogP contribution in [-0.2, 0) is 0 Å². The molecular formula is C19H24N4O3S. The van der Waals surface area contributed by atoms with Crippen LogP contribution < -0.4 is 9.47 Å². The second-order valence-electron chi connectivity index (χ2n) is 6.76. The van der Waals surface area contributed by atoms with Gasteiger partial charge >= 0.3 is 0 Å². The van der Waals surface area contributed by atoms with Gasteiger partial charge in [0, 0.05) is 0 Å². The summed E-state index contributed by atoms with van der Waals surface area (Å²) < 4.78 is 12.4. The molecule has 1 aliphatic rings. The van der Waals surface area contributed by atoms with E-state index in [-0.39, 0.29) is 11.9 Å². The number of methoxy groups -OCH3 is 2. The lowest BCUT2D eigenvalue weighted by molar-refractivity contribution is 0.186. The number of aromatic nitrogens is 3. The van der Waals surface area contributed by atoms with Gasteiger partial charge in [-0.3, -0.25) is 4.90 Å². The van der Waals surface area contributed by atoms with Crippen molar-refractivity contribution in [3.8, 4) is 17.4 Å². The molecule has 1 aromatic carbocycles. The third-order valence-corrected chi connectivity index (χ3v) is 6.11. The number of hydrogen-bond donors (Lipinski definition) is 1. The van der Waals surface area contributed by atoms with Crippen LogP contribution in [0, 0.1) is 6.92 Å². The summed E-state index contributed by atoms with van der Waals surface area (Å²) in [6.45, 7) is 3.81. The van der Waals surface area contributed by atoms with Gasteiger partial charge in [-0.2, -0.15) is 4.52 Å². The van der Waals surface area contributed by atoms with Crippen LogP contribution in [0.4, 0.5) is 0 Å². The Balaban J connectivity index is 1.83. The highest BCUT2D eigenvalue weighted by atomic mass is 32.1. The van der Waals surface area contributed by atoms with Crippen molar-refractivity contribution in [1.82, 2.24) is 19.5 Å². The van der Waals surface area contributed by atoms with Crippen molar-refractivity contribution < 1.29 is 14.6 Å². The molecule has 0 radical (unpaired) electrons. The Morgan fingerprint density at radius 1 is 1.11 bits per heavy atom. The van der Waals surface area contributed by atoms with Gasteiger partial charge in [-0.25, -0.2) is 4.98 Å². The SMILES string of the molecule is COc1ccc(C(c2sc3nc(C)nn3c2O)N2CCCCC2)cc1OC. The third kappa shape index (κ3) is 3.23.